The molecule has 134 valence electrons. The predicted octanol–water partition coefficient (Wildman–Crippen LogP) is 2.06. The van der Waals surface area contributed by atoms with Crippen molar-refractivity contribution < 1.29 is 27.4 Å². The van der Waals surface area contributed by atoms with Crippen molar-refractivity contribution in [1.82, 2.24) is 4.90 Å². The SMILES string of the molecule is CN(C)c1ccc(CN(CC(F)(F)F)C(=O)C2COCCO2)cc1. The lowest BCUT2D eigenvalue weighted by Crippen LogP contribution is -2.48. The summed E-state index contributed by atoms with van der Waals surface area (Å²) >= 11 is 0. The van der Waals surface area contributed by atoms with Crippen molar-refractivity contribution in [3.8, 4) is 0 Å². The Bertz CT molecular complexity index is 540. The van der Waals surface area contributed by atoms with Gasteiger partial charge in [-0.3, -0.25) is 4.79 Å². The van der Waals surface area contributed by atoms with E-state index in [1.165, 1.54) is 0 Å². The number of hydrogen-bond donors (Lipinski definition) is 0. The molecule has 0 N–H and O–H groups in total. The minimum atomic E-state index is -4.48. The number of nitrogens with zero attached hydrogens (tertiary/aromatic N) is 2. The van der Waals surface area contributed by atoms with E-state index in [9.17, 15) is 18.0 Å². The highest BCUT2D eigenvalue weighted by molar-refractivity contribution is 5.81. The van der Waals surface area contributed by atoms with Crippen molar-refractivity contribution in [2.45, 2.75) is 18.8 Å². The molecule has 0 saturated carbocycles. The number of amides is 1. The smallest absolute Gasteiger partial charge is 0.378 e. The van der Waals surface area contributed by atoms with Gasteiger partial charge in [0, 0.05) is 26.3 Å². The van der Waals surface area contributed by atoms with Crippen LogP contribution < -0.4 is 4.90 Å². The maximum Gasteiger partial charge on any atom is 0.406 e. The fraction of sp³-hybridized carbons (Fsp3) is 0.562. The van der Waals surface area contributed by atoms with Crippen molar-refractivity contribution in [1.29, 1.82) is 0 Å². The molecular weight excluding hydrogens is 325 g/mol. The van der Waals surface area contributed by atoms with E-state index in [-0.39, 0.29) is 19.8 Å². The van der Waals surface area contributed by atoms with Crippen LogP contribution in [0.25, 0.3) is 0 Å². The topological polar surface area (TPSA) is 42.0 Å². The first-order valence-electron chi connectivity index (χ1n) is 7.57. The van der Waals surface area contributed by atoms with Gasteiger partial charge in [0.2, 0.25) is 0 Å². The predicted molar refractivity (Wildman–Crippen MR) is 82.8 cm³/mol. The summed E-state index contributed by atoms with van der Waals surface area (Å²) in [6.45, 7) is -0.928. The molecule has 1 aromatic rings. The highest BCUT2D eigenvalue weighted by Crippen LogP contribution is 2.21. The zero-order valence-corrected chi connectivity index (χ0v) is 13.7. The Balaban J connectivity index is 2.11. The van der Waals surface area contributed by atoms with Crippen LogP contribution >= 0.6 is 0 Å². The van der Waals surface area contributed by atoms with Gasteiger partial charge in [0.15, 0.2) is 6.10 Å². The molecule has 1 atom stereocenters. The standard InChI is InChI=1S/C16H21F3N2O3/c1-20(2)13-5-3-12(4-6-13)9-21(11-16(17,18)19)15(22)14-10-23-7-8-24-14/h3-6,14H,7-11H2,1-2H3. The molecule has 1 fully saturated rings. The highest BCUT2D eigenvalue weighted by Gasteiger charge is 2.36. The quantitative estimate of drug-likeness (QED) is 0.819. The van der Waals surface area contributed by atoms with E-state index in [0.29, 0.717) is 12.2 Å². The van der Waals surface area contributed by atoms with Gasteiger partial charge in [-0.1, -0.05) is 12.1 Å². The molecular formula is C16H21F3N2O3. The fourth-order valence-electron chi connectivity index (χ4n) is 2.38. The Morgan fingerprint density at radius 3 is 2.38 bits per heavy atom. The third-order valence-electron chi connectivity index (χ3n) is 3.60. The summed E-state index contributed by atoms with van der Waals surface area (Å²) in [5.41, 5.74) is 1.55. The average Bonchev–Trinajstić information content (AvgIpc) is 2.53. The normalized spacial score (nSPS) is 18.3. The summed E-state index contributed by atoms with van der Waals surface area (Å²) in [7, 11) is 3.74. The number of benzene rings is 1. The summed E-state index contributed by atoms with van der Waals surface area (Å²) in [6, 6.07) is 7.02. The van der Waals surface area contributed by atoms with Crippen LogP contribution in [0.5, 0.6) is 0 Å². The van der Waals surface area contributed by atoms with Crippen LogP contribution in [-0.2, 0) is 20.8 Å². The van der Waals surface area contributed by atoms with Crippen molar-refractivity contribution in [2.75, 3.05) is 45.4 Å². The van der Waals surface area contributed by atoms with Gasteiger partial charge in [-0.15, -0.1) is 0 Å². The fourth-order valence-corrected chi connectivity index (χ4v) is 2.38. The summed E-state index contributed by atoms with van der Waals surface area (Å²) < 4.78 is 48.8. The van der Waals surface area contributed by atoms with Gasteiger partial charge >= 0.3 is 6.18 Å². The van der Waals surface area contributed by atoms with E-state index in [1.807, 2.05) is 19.0 Å². The van der Waals surface area contributed by atoms with Gasteiger partial charge in [-0.05, 0) is 17.7 Å². The molecule has 0 aliphatic carbocycles. The van der Waals surface area contributed by atoms with Crippen LogP contribution in [0.4, 0.5) is 18.9 Å². The van der Waals surface area contributed by atoms with Crippen molar-refractivity contribution >= 4 is 11.6 Å². The van der Waals surface area contributed by atoms with Crippen LogP contribution in [0, 0.1) is 0 Å². The van der Waals surface area contributed by atoms with E-state index >= 15 is 0 Å². The number of alkyl halides is 3. The highest BCUT2D eigenvalue weighted by atomic mass is 19.4. The number of ether oxygens (including phenoxy) is 2. The first-order valence-corrected chi connectivity index (χ1v) is 7.57. The maximum atomic E-state index is 12.8. The van der Waals surface area contributed by atoms with E-state index in [0.717, 1.165) is 10.6 Å². The molecule has 8 heteroatoms. The summed E-state index contributed by atoms with van der Waals surface area (Å²) in [6.07, 6.45) is -5.46. The van der Waals surface area contributed by atoms with E-state index in [1.54, 1.807) is 24.3 Å². The van der Waals surface area contributed by atoms with Gasteiger partial charge in [-0.25, -0.2) is 0 Å². The second kappa shape index (κ2) is 7.85. The van der Waals surface area contributed by atoms with E-state index in [4.69, 9.17) is 9.47 Å². The van der Waals surface area contributed by atoms with E-state index < -0.39 is 24.7 Å². The number of rotatable bonds is 5. The number of halogens is 3. The average molecular weight is 346 g/mol. The second-order valence-electron chi connectivity index (χ2n) is 5.80. The van der Waals surface area contributed by atoms with Crippen LogP contribution in [0.15, 0.2) is 24.3 Å². The molecule has 1 aliphatic rings. The summed E-state index contributed by atoms with van der Waals surface area (Å²) in [5.74, 6) is -0.705. The van der Waals surface area contributed by atoms with Crippen LogP contribution in [0.3, 0.4) is 0 Å². The minimum absolute atomic E-state index is 0.0211. The maximum absolute atomic E-state index is 12.8. The molecule has 1 unspecified atom stereocenters. The van der Waals surface area contributed by atoms with Gasteiger partial charge in [-0.2, -0.15) is 13.2 Å². The number of carbonyl (C=O) groups is 1. The minimum Gasteiger partial charge on any atom is -0.378 e. The Morgan fingerprint density at radius 2 is 1.88 bits per heavy atom. The third-order valence-corrected chi connectivity index (χ3v) is 3.60. The van der Waals surface area contributed by atoms with Gasteiger partial charge in [0.25, 0.3) is 5.91 Å². The number of anilines is 1. The molecule has 0 radical (unpaired) electrons. The van der Waals surface area contributed by atoms with E-state index in [2.05, 4.69) is 0 Å². The molecule has 0 bridgehead atoms. The van der Waals surface area contributed by atoms with Crippen molar-refractivity contribution in [3.05, 3.63) is 29.8 Å². The lowest BCUT2D eigenvalue weighted by atomic mass is 10.1. The monoisotopic (exact) mass is 346 g/mol. The van der Waals surface area contributed by atoms with Gasteiger partial charge in [0.1, 0.15) is 6.54 Å². The third kappa shape index (κ3) is 5.38. The molecule has 1 amide bonds. The van der Waals surface area contributed by atoms with Crippen molar-refractivity contribution in [3.63, 3.8) is 0 Å². The molecule has 1 aromatic carbocycles. The molecule has 1 aliphatic heterocycles. The summed E-state index contributed by atoms with van der Waals surface area (Å²) in [4.78, 5) is 15.0. The number of hydrogen-bond acceptors (Lipinski definition) is 4. The molecule has 1 saturated heterocycles. The van der Waals surface area contributed by atoms with Crippen molar-refractivity contribution in [2.24, 2.45) is 0 Å². The molecule has 1 heterocycles. The Morgan fingerprint density at radius 1 is 1.21 bits per heavy atom. The molecule has 0 aromatic heterocycles. The van der Waals surface area contributed by atoms with Gasteiger partial charge in [0.05, 0.1) is 19.8 Å². The Hall–Kier alpha value is -1.80. The Labute approximate surface area is 138 Å². The van der Waals surface area contributed by atoms with Crippen LogP contribution in [0.2, 0.25) is 0 Å². The molecule has 24 heavy (non-hydrogen) atoms. The zero-order valence-electron chi connectivity index (χ0n) is 13.7. The first kappa shape index (κ1) is 18.5. The van der Waals surface area contributed by atoms with Crippen LogP contribution in [-0.4, -0.2) is 63.5 Å². The van der Waals surface area contributed by atoms with Crippen LogP contribution in [0.1, 0.15) is 5.56 Å². The summed E-state index contributed by atoms with van der Waals surface area (Å²) in [5, 5.41) is 0. The Kier molecular flexibility index (Phi) is 6.06. The largest absolute Gasteiger partial charge is 0.406 e. The lowest BCUT2D eigenvalue weighted by Gasteiger charge is -2.30. The first-order chi connectivity index (χ1) is 11.3. The lowest BCUT2D eigenvalue weighted by molar-refractivity contribution is -0.177. The van der Waals surface area contributed by atoms with Gasteiger partial charge < -0.3 is 19.3 Å². The zero-order chi connectivity index (χ0) is 17.7. The second-order valence-corrected chi connectivity index (χ2v) is 5.80. The molecule has 2 rings (SSSR count). The molecule has 0 spiro atoms. The number of carbonyl (C=O) groups excluding carboxylic acids is 1. The molecule has 5 nitrogen and oxygen atoms in total.